The Kier molecular flexibility index (Phi) is 5.06. The standard InChI is InChI=1S/C18H26N2O3/c1-12(13-8-10-23-11-9-13)19-18(21)20-17-15-5-3-4-14(15)6-7-16(17)22-2/h6-7,12-13H,3-5,8-11H2,1-2H3,(H2,19,20,21)/t12-/m0/s1. The molecule has 0 spiro atoms. The molecular weight excluding hydrogens is 292 g/mol. The van der Waals surface area contributed by atoms with Crippen LogP contribution in [0.25, 0.3) is 0 Å². The van der Waals surface area contributed by atoms with Gasteiger partial charge in [0.1, 0.15) is 5.75 Å². The van der Waals surface area contributed by atoms with E-state index in [2.05, 4.69) is 23.6 Å². The van der Waals surface area contributed by atoms with Crippen LogP contribution >= 0.6 is 0 Å². The van der Waals surface area contributed by atoms with Crippen LogP contribution in [0.3, 0.4) is 0 Å². The molecule has 0 unspecified atom stereocenters. The molecule has 1 atom stereocenters. The van der Waals surface area contributed by atoms with Gasteiger partial charge in [-0.15, -0.1) is 0 Å². The normalized spacial score (nSPS) is 19.0. The summed E-state index contributed by atoms with van der Waals surface area (Å²) in [5, 5.41) is 6.10. The lowest BCUT2D eigenvalue weighted by Gasteiger charge is -2.28. The first-order valence-corrected chi connectivity index (χ1v) is 8.53. The molecular formula is C18H26N2O3. The molecule has 23 heavy (non-hydrogen) atoms. The van der Waals surface area contributed by atoms with E-state index in [-0.39, 0.29) is 12.1 Å². The van der Waals surface area contributed by atoms with Gasteiger partial charge in [-0.25, -0.2) is 4.79 Å². The Labute approximate surface area is 137 Å². The van der Waals surface area contributed by atoms with Crippen molar-refractivity contribution in [3.8, 4) is 5.75 Å². The van der Waals surface area contributed by atoms with Crippen molar-refractivity contribution in [2.75, 3.05) is 25.6 Å². The average molecular weight is 318 g/mol. The molecule has 1 aromatic carbocycles. The number of hydrogen-bond donors (Lipinski definition) is 2. The van der Waals surface area contributed by atoms with E-state index in [4.69, 9.17) is 9.47 Å². The van der Waals surface area contributed by atoms with Crippen molar-refractivity contribution in [2.45, 2.75) is 45.1 Å². The SMILES string of the molecule is COc1ccc2c(c1NC(=O)N[C@@H](C)C1CCOCC1)CCC2. The molecule has 0 saturated carbocycles. The molecule has 1 aliphatic heterocycles. The second-order valence-corrected chi connectivity index (χ2v) is 6.47. The fourth-order valence-electron chi connectivity index (χ4n) is 3.64. The molecule has 2 amide bonds. The van der Waals surface area contributed by atoms with Gasteiger partial charge in [0, 0.05) is 19.3 Å². The Bertz CT molecular complexity index is 568. The number of benzene rings is 1. The number of carbonyl (C=O) groups excluding carboxylic acids is 1. The van der Waals surface area contributed by atoms with Crippen LogP contribution in [0, 0.1) is 5.92 Å². The topological polar surface area (TPSA) is 59.6 Å². The molecule has 2 N–H and O–H groups in total. The number of rotatable bonds is 4. The third-order valence-electron chi connectivity index (χ3n) is 5.03. The highest BCUT2D eigenvalue weighted by Crippen LogP contribution is 2.36. The smallest absolute Gasteiger partial charge is 0.319 e. The van der Waals surface area contributed by atoms with Crippen LogP contribution in [0.2, 0.25) is 0 Å². The van der Waals surface area contributed by atoms with Crippen LogP contribution in [-0.4, -0.2) is 32.4 Å². The van der Waals surface area contributed by atoms with Gasteiger partial charge >= 0.3 is 6.03 Å². The van der Waals surface area contributed by atoms with Crippen LogP contribution in [0.4, 0.5) is 10.5 Å². The summed E-state index contributed by atoms with van der Waals surface area (Å²) in [4.78, 5) is 12.4. The molecule has 5 nitrogen and oxygen atoms in total. The molecule has 2 aliphatic rings. The second-order valence-electron chi connectivity index (χ2n) is 6.47. The zero-order valence-electron chi connectivity index (χ0n) is 14.0. The van der Waals surface area contributed by atoms with Gasteiger partial charge in [0.05, 0.1) is 12.8 Å². The Morgan fingerprint density at radius 1 is 1.30 bits per heavy atom. The van der Waals surface area contributed by atoms with Gasteiger partial charge in [-0.2, -0.15) is 0 Å². The lowest BCUT2D eigenvalue weighted by molar-refractivity contribution is 0.0573. The predicted octanol–water partition coefficient (Wildman–Crippen LogP) is 3.12. The highest BCUT2D eigenvalue weighted by atomic mass is 16.5. The predicted molar refractivity (Wildman–Crippen MR) is 90.2 cm³/mol. The zero-order valence-corrected chi connectivity index (χ0v) is 14.0. The number of ether oxygens (including phenoxy) is 2. The third kappa shape index (κ3) is 3.61. The summed E-state index contributed by atoms with van der Waals surface area (Å²) < 4.78 is 10.8. The maximum absolute atomic E-state index is 12.4. The first kappa shape index (κ1) is 16.1. The molecule has 1 aromatic rings. The lowest BCUT2D eigenvalue weighted by Crippen LogP contribution is -2.42. The fraction of sp³-hybridized carbons (Fsp3) is 0.611. The van der Waals surface area contributed by atoms with Crippen LogP contribution in [-0.2, 0) is 17.6 Å². The summed E-state index contributed by atoms with van der Waals surface area (Å²) in [5.41, 5.74) is 3.37. The van der Waals surface area contributed by atoms with E-state index in [1.165, 1.54) is 11.1 Å². The lowest BCUT2D eigenvalue weighted by atomic mass is 9.93. The summed E-state index contributed by atoms with van der Waals surface area (Å²) >= 11 is 0. The highest BCUT2D eigenvalue weighted by molar-refractivity contribution is 5.92. The number of anilines is 1. The minimum atomic E-state index is -0.150. The average Bonchev–Trinajstić information content (AvgIpc) is 3.05. The first-order chi connectivity index (χ1) is 11.2. The van der Waals surface area contributed by atoms with Gasteiger partial charge < -0.3 is 20.1 Å². The van der Waals surface area contributed by atoms with Crippen molar-refractivity contribution in [3.63, 3.8) is 0 Å². The van der Waals surface area contributed by atoms with E-state index < -0.39 is 0 Å². The molecule has 5 heteroatoms. The van der Waals surface area contributed by atoms with Crippen molar-refractivity contribution in [1.29, 1.82) is 0 Å². The summed E-state index contributed by atoms with van der Waals surface area (Å²) in [6.07, 6.45) is 5.22. The quantitative estimate of drug-likeness (QED) is 0.897. The number of aryl methyl sites for hydroxylation is 1. The highest BCUT2D eigenvalue weighted by Gasteiger charge is 2.24. The van der Waals surface area contributed by atoms with Gasteiger partial charge in [-0.1, -0.05) is 6.07 Å². The largest absolute Gasteiger partial charge is 0.495 e. The van der Waals surface area contributed by atoms with Gasteiger partial charge in [0.25, 0.3) is 0 Å². The van der Waals surface area contributed by atoms with Gasteiger partial charge in [0.2, 0.25) is 0 Å². The third-order valence-corrected chi connectivity index (χ3v) is 5.03. The van der Waals surface area contributed by atoms with Crippen LogP contribution < -0.4 is 15.4 Å². The number of fused-ring (bicyclic) bond motifs is 1. The monoisotopic (exact) mass is 318 g/mol. The van der Waals surface area contributed by atoms with Crippen LogP contribution in [0.1, 0.15) is 37.3 Å². The van der Waals surface area contributed by atoms with Crippen molar-refractivity contribution in [2.24, 2.45) is 5.92 Å². The number of methoxy groups -OCH3 is 1. The molecule has 0 radical (unpaired) electrons. The maximum atomic E-state index is 12.4. The Balaban J connectivity index is 1.67. The summed E-state index contributed by atoms with van der Waals surface area (Å²) in [5.74, 6) is 1.22. The van der Waals surface area contributed by atoms with Crippen LogP contribution in [0.15, 0.2) is 12.1 Å². The number of urea groups is 1. The van der Waals surface area contributed by atoms with E-state index >= 15 is 0 Å². The number of hydrogen-bond acceptors (Lipinski definition) is 3. The van der Waals surface area contributed by atoms with E-state index in [1.807, 2.05) is 6.07 Å². The van der Waals surface area contributed by atoms with Crippen molar-refractivity contribution in [1.82, 2.24) is 5.32 Å². The molecule has 1 fully saturated rings. The minimum absolute atomic E-state index is 0.140. The van der Waals surface area contributed by atoms with E-state index in [0.29, 0.717) is 5.92 Å². The molecule has 1 saturated heterocycles. The van der Waals surface area contributed by atoms with Crippen molar-refractivity contribution in [3.05, 3.63) is 23.3 Å². The fourth-order valence-corrected chi connectivity index (χ4v) is 3.64. The Hall–Kier alpha value is -1.75. The van der Waals surface area contributed by atoms with Gasteiger partial charge in [-0.05, 0) is 62.1 Å². The molecule has 1 heterocycles. The van der Waals surface area contributed by atoms with Crippen molar-refractivity contribution >= 4 is 11.7 Å². The summed E-state index contributed by atoms with van der Waals surface area (Å²) in [6, 6.07) is 4.04. The van der Waals surface area contributed by atoms with E-state index in [9.17, 15) is 4.79 Å². The van der Waals surface area contributed by atoms with Gasteiger partial charge in [0.15, 0.2) is 0 Å². The van der Waals surface area contributed by atoms with Gasteiger partial charge in [-0.3, -0.25) is 0 Å². The second kappa shape index (κ2) is 7.21. The first-order valence-electron chi connectivity index (χ1n) is 8.53. The molecule has 0 aromatic heterocycles. The Morgan fingerprint density at radius 3 is 2.83 bits per heavy atom. The van der Waals surface area contributed by atoms with E-state index in [1.54, 1.807) is 7.11 Å². The maximum Gasteiger partial charge on any atom is 0.319 e. The van der Waals surface area contributed by atoms with E-state index in [0.717, 1.165) is 56.8 Å². The van der Waals surface area contributed by atoms with Crippen LogP contribution in [0.5, 0.6) is 5.75 Å². The Morgan fingerprint density at radius 2 is 2.09 bits per heavy atom. The summed E-state index contributed by atoms with van der Waals surface area (Å²) in [7, 11) is 1.64. The molecule has 126 valence electrons. The minimum Gasteiger partial charge on any atom is -0.495 e. The zero-order chi connectivity index (χ0) is 16.2. The van der Waals surface area contributed by atoms with Crippen molar-refractivity contribution < 1.29 is 14.3 Å². The number of amides is 2. The summed E-state index contributed by atoms with van der Waals surface area (Å²) in [6.45, 7) is 3.65. The number of nitrogens with one attached hydrogen (secondary N) is 2. The molecule has 0 bridgehead atoms. The molecule has 3 rings (SSSR count). The molecule has 1 aliphatic carbocycles. The number of carbonyl (C=O) groups is 1.